The normalized spacial score (nSPS) is 13.1. The second-order valence-corrected chi connectivity index (χ2v) is 4.58. The van der Waals surface area contributed by atoms with Gasteiger partial charge in [-0.1, -0.05) is 33.6 Å². The Morgan fingerprint density at radius 1 is 1.18 bits per heavy atom. The largest absolute Gasteiger partial charge is 0.313 e. The lowest BCUT2D eigenvalue weighted by Crippen LogP contribution is -2.26. The maximum atomic E-state index is 4.33. The number of nitrogens with zero attached hydrogens (tertiary/aromatic N) is 2. The van der Waals surface area contributed by atoms with Gasteiger partial charge in [0.05, 0.1) is 11.4 Å². The van der Waals surface area contributed by atoms with E-state index < -0.39 is 0 Å². The van der Waals surface area contributed by atoms with Gasteiger partial charge in [0.1, 0.15) is 0 Å². The monoisotopic (exact) mass is 235 g/mol. The summed E-state index contributed by atoms with van der Waals surface area (Å²) in [5.41, 5.74) is 3.46. The molecule has 0 amide bonds. The molecule has 17 heavy (non-hydrogen) atoms. The second kappa shape index (κ2) is 6.70. The molecular weight excluding hydrogens is 210 g/mol. The molecule has 0 aliphatic carbocycles. The molecule has 0 saturated heterocycles. The maximum Gasteiger partial charge on any atom is 0.0676 e. The lowest BCUT2D eigenvalue weighted by atomic mass is 9.87. The molecule has 0 radical (unpaired) electrons. The summed E-state index contributed by atoms with van der Waals surface area (Å²) in [7, 11) is 2.04. The van der Waals surface area contributed by atoms with Gasteiger partial charge in [-0.05, 0) is 37.9 Å². The summed E-state index contributed by atoms with van der Waals surface area (Å²) in [4.78, 5) is 0. The SMILES string of the molecule is CCc1nnc(C)cc1C(NC)C(CC)CC. The van der Waals surface area contributed by atoms with Crippen LogP contribution in [0.3, 0.4) is 0 Å². The third-order valence-electron chi connectivity index (χ3n) is 3.53. The Labute approximate surface area is 105 Å². The van der Waals surface area contributed by atoms with Crippen molar-refractivity contribution in [1.82, 2.24) is 15.5 Å². The highest BCUT2D eigenvalue weighted by Crippen LogP contribution is 2.29. The van der Waals surface area contributed by atoms with Crippen LogP contribution in [0.4, 0.5) is 0 Å². The molecule has 1 unspecified atom stereocenters. The highest BCUT2D eigenvalue weighted by molar-refractivity contribution is 5.25. The Morgan fingerprint density at radius 2 is 1.82 bits per heavy atom. The maximum absolute atomic E-state index is 4.33. The number of hydrogen-bond donors (Lipinski definition) is 1. The van der Waals surface area contributed by atoms with Gasteiger partial charge in [-0.3, -0.25) is 0 Å². The Morgan fingerprint density at radius 3 is 2.29 bits per heavy atom. The number of hydrogen-bond acceptors (Lipinski definition) is 3. The van der Waals surface area contributed by atoms with Gasteiger partial charge in [-0.15, -0.1) is 0 Å². The molecule has 1 aromatic heterocycles. The molecule has 1 aromatic rings. The van der Waals surface area contributed by atoms with Gasteiger partial charge in [0.25, 0.3) is 0 Å². The van der Waals surface area contributed by atoms with E-state index in [9.17, 15) is 0 Å². The second-order valence-electron chi connectivity index (χ2n) is 4.58. The van der Waals surface area contributed by atoms with Gasteiger partial charge in [0.15, 0.2) is 0 Å². The fraction of sp³-hybridized carbons (Fsp3) is 0.714. The van der Waals surface area contributed by atoms with Crippen LogP contribution < -0.4 is 5.32 Å². The van der Waals surface area contributed by atoms with Gasteiger partial charge >= 0.3 is 0 Å². The van der Waals surface area contributed by atoms with Crippen LogP contribution in [0.15, 0.2) is 6.07 Å². The van der Waals surface area contributed by atoms with E-state index in [1.54, 1.807) is 0 Å². The Kier molecular flexibility index (Phi) is 5.56. The number of aryl methyl sites for hydroxylation is 2. The molecule has 0 bridgehead atoms. The van der Waals surface area contributed by atoms with E-state index in [1.165, 1.54) is 18.4 Å². The topological polar surface area (TPSA) is 37.8 Å². The van der Waals surface area contributed by atoms with Crippen molar-refractivity contribution >= 4 is 0 Å². The standard InChI is InChI=1S/C14H25N3/c1-6-11(7-2)14(15-5)12-9-10(4)16-17-13(12)8-3/h9,11,14-15H,6-8H2,1-5H3. The van der Waals surface area contributed by atoms with E-state index in [2.05, 4.69) is 42.4 Å². The molecule has 0 aliphatic rings. The van der Waals surface area contributed by atoms with Gasteiger partial charge in [0, 0.05) is 6.04 Å². The van der Waals surface area contributed by atoms with E-state index in [4.69, 9.17) is 0 Å². The van der Waals surface area contributed by atoms with E-state index in [-0.39, 0.29) is 0 Å². The van der Waals surface area contributed by atoms with Crippen molar-refractivity contribution in [2.45, 2.75) is 53.0 Å². The highest BCUT2D eigenvalue weighted by atomic mass is 15.1. The Hall–Kier alpha value is -0.960. The summed E-state index contributed by atoms with van der Waals surface area (Å²) in [6.07, 6.45) is 3.32. The van der Waals surface area contributed by atoms with Crippen molar-refractivity contribution in [2.24, 2.45) is 5.92 Å². The summed E-state index contributed by atoms with van der Waals surface area (Å²) < 4.78 is 0. The molecular formula is C14H25N3. The van der Waals surface area contributed by atoms with Crippen molar-refractivity contribution < 1.29 is 0 Å². The van der Waals surface area contributed by atoms with E-state index in [0.717, 1.165) is 17.8 Å². The van der Waals surface area contributed by atoms with Crippen LogP contribution in [-0.2, 0) is 6.42 Å². The van der Waals surface area contributed by atoms with Crippen LogP contribution in [0.25, 0.3) is 0 Å². The zero-order valence-corrected chi connectivity index (χ0v) is 11.7. The van der Waals surface area contributed by atoms with Crippen molar-refractivity contribution in [3.8, 4) is 0 Å². The van der Waals surface area contributed by atoms with Gasteiger partial charge in [-0.25, -0.2) is 0 Å². The van der Waals surface area contributed by atoms with Crippen molar-refractivity contribution in [3.63, 3.8) is 0 Å². The predicted octanol–water partition coefficient (Wildman–Crippen LogP) is 3.04. The molecule has 0 aliphatic heterocycles. The summed E-state index contributed by atoms with van der Waals surface area (Å²) in [5.74, 6) is 0.661. The summed E-state index contributed by atoms with van der Waals surface area (Å²) in [5, 5.41) is 11.9. The number of aromatic nitrogens is 2. The zero-order chi connectivity index (χ0) is 12.8. The minimum atomic E-state index is 0.397. The quantitative estimate of drug-likeness (QED) is 0.823. The van der Waals surface area contributed by atoms with Crippen LogP contribution in [0.1, 0.15) is 56.6 Å². The van der Waals surface area contributed by atoms with Crippen molar-refractivity contribution in [2.75, 3.05) is 7.05 Å². The fourth-order valence-corrected chi connectivity index (χ4v) is 2.48. The minimum absolute atomic E-state index is 0.397. The molecule has 0 fully saturated rings. The lowest BCUT2D eigenvalue weighted by Gasteiger charge is -2.26. The smallest absolute Gasteiger partial charge is 0.0676 e. The fourth-order valence-electron chi connectivity index (χ4n) is 2.48. The average molecular weight is 235 g/mol. The van der Waals surface area contributed by atoms with Gasteiger partial charge in [0.2, 0.25) is 0 Å². The third kappa shape index (κ3) is 3.25. The molecule has 1 atom stereocenters. The molecule has 1 N–H and O–H groups in total. The van der Waals surface area contributed by atoms with Crippen LogP contribution in [0.2, 0.25) is 0 Å². The van der Waals surface area contributed by atoms with Crippen LogP contribution in [0.5, 0.6) is 0 Å². The first-order valence-electron chi connectivity index (χ1n) is 6.68. The lowest BCUT2D eigenvalue weighted by molar-refractivity contribution is 0.356. The molecule has 0 spiro atoms. The predicted molar refractivity (Wildman–Crippen MR) is 72.0 cm³/mol. The molecule has 3 nitrogen and oxygen atoms in total. The third-order valence-corrected chi connectivity index (χ3v) is 3.53. The molecule has 96 valence electrons. The van der Waals surface area contributed by atoms with Gasteiger partial charge < -0.3 is 5.32 Å². The number of nitrogens with one attached hydrogen (secondary N) is 1. The highest BCUT2D eigenvalue weighted by Gasteiger charge is 2.21. The number of rotatable bonds is 6. The Bertz CT molecular complexity index is 345. The van der Waals surface area contributed by atoms with Crippen LogP contribution >= 0.6 is 0 Å². The van der Waals surface area contributed by atoms with E-state index >= 15 is 0 Å². The van der Waals surface area contributed by atoms with E-state index in [0.29, 0.717) is 12.0 Å². The minimum Gasteiger partial charge on any atom is -0.313 e. The zero-order valence-electron chi connectivity index (χ0n) is 11.7. The molecule has 0 aromatic carbocycles. The summed E-state index contributed by atoms with van der Waals surface area (Å²) in [6.45, 7) is 8.66. The first kappa shape index (κ1) is 14.1. The molecule has 1 heterocycles. The van der Waals surface area contributed by atoms with Gasteiger partial charge in [-0.2, -0.15) is 10.2 Å². The Balaban J connectivity index is 3.13. The molecule has 3 heteroatoms. The summed E-state index contributed by atoms with van der Waals surface area (Å²) >= 11 is 0. The van der Waals surface area contributed by atoms with Crippen molar-refractivity contribution in [1.29, 1.82) is 0 Å². The molecule has 1 rings (SSSR count). The average Bonchev–Trinajstić information content (AvgIpc) is 2.35. The first-order valence-corrected chi connectivity index (χ1v) is 6.68. The first-order chi connectivity index (χ1) is 8.17. The molecule has 0 saturated carbocycles. The van der Waals surface area contributed by atoms with Crippen LogP contribution in [-0.4, -0.2) is 17.2 Å². The summed E-state index contributed by atoms with van der Waals surface area (Å²) in [6, 6.07) is 2.58. The van der Waals surface area contributed by atoms with Crippen molar-refractivity contribution in [3.05, 3.63) is 23.0 Å². The van der Waals surface area contributed by atoms with E-state index in [1.807, 2.05) is 14.0 Å². The van der Waals surface area contributed by atoms with Crippen LogP contribution in [0, 0.1) is 12.8 Å².